The first-order valence-corrected chi connectivity index (χ1v) is 7.23. The zero-order valence-electron chi connectivity index (χ0n) is 11.8. The van der Waals surface area contributed by atoms with E-state index >= 15 is 0 Å². The van der Waals surface area contributed by atoms with Gasteiger partial charge in [-0.15, -0.1) is 0 Å². The maximum absolute atomic E-state index is 12.5. The number of nitrogens with zero attached hydrogens (tertiary/aromatic N) is 1. The monoisotopic (exact) mass is 317 g/mol. The zero-order chi connectivity index (χ0) is 15.4. The largest absolute Gasteiger partial charge is 0.469 e. The summed E-state index contributed by atoms with van der Waals surface area (Å²) in [6, 6.07) is 7.31. The third kappa shape index (κ3) is 4.14. The maximum Gasteiger partial charge on any atom is 0.310 e. The van der Waals surface area contributed by atoms with Crippen molar-refractivity contribution in [1.29, 1.82) is 0 Å². The van der Waals surface area contributed by atoms with Crippen molar-refractivity contribution in [2.45, 2.75) is 18.8 Å². The zero-order valence-corrected chi connectivity index (χ0v) is 12.5. The van der Waals surface area contributed by atoms with E-state index in [0.29, 0.717) is 24.5 Å². The Balaban J connectivity index is 2.16. The standard InChI is InChI=1S/C15H18ClF2NO2/c1-21-15(20)13-8-19(9-14(17)18)7-6-12(13)10-2-4-11(16)5-3-10/h2-5,12-14H,6-9H2,1H3/t12-,13+/m1/s1. The number of hydrogen-bond donors (Lipinski definition) is 0. The molecule has 0 aliphatic carbocycles. The molecule has 2 rings (SSSR count). The maximum atomic E-state index is 12.5. The number of rotatable bonds is 4. The lowest BCUT2D eigenvalue weighted by Gasteiger charge is -2.37. The highest BCUT2D eigenvalue weighted by molar-refractivity contribution is 6.30. The predicted molar refractivity (Wildman–Crippen MR) is 76.8 cm³/mol. The van der Waals surface area contributed by atoms with Crippen LogP contribution in [0.1, 0.15) is 17.9 Å². The predicted octanol–water partition coefficient (Wildman–Crippen LogP) is 3.18. The van der Waals surface area contributed by atoms with Gasteiger partial charge < -0.3 is 4.74 Å². The van der Waals surface area contributed by atoms with Crippen LogP contribution in [0, 0.1) is 5.92 Å². The van der Waals surface area contributed by atoms with Gasteiger partial charge in [0.05, 0.1) is 19.6 Å². The molecule has 21 heavy (non-hydrogen) atoms. The Bertz CT molecular complexity index is 481. The highest BCUT2D eigenvalue weighted by Gasteiger charge is 2.36. The molecule has 0 spiro atoms. The second kappa shape index (κ2) is 7.18. The van der Waals surface area contributed by atoms with Gasteiger partial charge in [-0.25, -0.2) is 8.78 Å². The molecule has 0 amide bonds. The molecule has 0 aromatic heterocycles. The minimum absolute atomic E-state index is 0.0244. The molecule has 3 nitrogen and oxygen atoms in total. The van der Waals surface area contributed by atoms with Crippen LogP contribution in [0.5, 0.6) is 0 Å². The molecule has 1 aliphatic heterocycles. The Kier molecular flexibility index (Phi) is 5.53. The highest BCUT2D eigenvalue weighted by Crippen LogP contribution is 2.34. The molecule has 6 heteroatoms. The molecule has 1 saturated heterocycles. The molecule has 1 aromatic carbocycles. The molecule has 1 aliphatic rings. The lowest BCUT2D eigenvalue weighted by atomic mass is 9.80. The first kappa shape index (κ1) is 16.2. The van der Waals surface area contributed by atoms with Crippen LogP contribution in [0.15, 0.2) is 24.3 Å². The number of esters is 1. The highest BCUT2D eigenvalue weighted by atomic mass is 35.5. The summed E-state index contributed by atoms with van der Waals surface area (Å²) in [5.41, 5.74) is 0.992. The van der Waals surface area contributed by atoms with Gasteiger partial charge in [0.1, 0.15) is 0 Å². The number of alkyl halides is 2. The van der Waals surface area contributed by atoms with E-state index in [2.05, 4.69) is 0 Å². The molecule has 0 unspecified atom stereocenters. The number of hydrogen-bond acceptors (Lipinski definition) is 3. The van der Waals surface area contributed by atoms with Crippen molar-refractivity contribution >= 4 is 17.6 Å². The summed E-state index contributed by atoms with van der Waals surface area (Å²) < 4.78 is 29.9. The van der Waals surface area contributed by atoms with Crippen LogP contribution in [-0.4, -0.2) is 44.0 Å². The number of halogens is 3. The number of carbonyl (C=O) groups is 1. The van der Waals surface area contributed by atoms with Crippen LogP contribution < -0.4 is 0 Å². The molecule has 0 saturated carbocycles. The third-order valence-corrected chi connectivity index (χ3v) is 4.15. The van der Waals surface area contributed by atoms with Crippen LogP contribution in [0.4, 0.5) is 8.78 Å². The van der Waals surface area contributed by atoms with E-state index in [1.165, 1.54) is 7.11 Å². The lowest BCUT2D eigenvalue weighted by Crippen LogP contribution is -2.45. The Morgan fingerprint density at radius 3 is 2.67 bits per heavy atom. The molecule has 0 N–H and O–H groups in total. The molecule has 1 aromatic rings. The summed E-state index contributed by atoms with van der Waals surface area (Å²) >= 11 is 5.87. The van der Waals surface area contributed by atoms with E-state index in [-0.39, 0.29) is 18.4 Å². The Labute approximate surface area is 127 Å². The van der Waals surface area contributed by atoms with Gasteiger partial charge in [0.25, 0.3) is 6.43 Å². The van der Waals surface area contributed by atoms with Gasteiger partial charge in [-0.1, -0.05) is 23.7 Å². The van der Waals surface area contributed by atoms with Crippen molar-refractivity contribution in [3.8, 4) is 0 Å². The number of methoxy groups -OCH3 is 1. The Hall–Kier alpha value is -1.20. The number of ether oxygens (including phenoxy) is 1. The first-order valence-electron chi connectivity index (χ1n) is 6.85. The smallest absolute Gasteiger partial charge is 0.310 e. The number of benzene rings is 1. The number of carbonyl (C=O) groups excluding carboxylic acids is 1. The Morgan fingerprint density at radius 1 is 1.43 bits per heavy atom. The topological polar surface area (TPSA) is 29.5 Å². The first-order chi connectivity index (χ1) is 10.0. The fourth-order valence-corrected chi connectivity index (χ4v) is 3.01. The van der Waals surface area contributed by atoms with Gasteiger partial charge in [-0.05, 0) is 36.6 Å². The molecule has 0 bridgehead atoms. The van der Waals surface area contributed by atoms with Gasteiger partial charge in [0.15, 0.2) is 0 Å². The van der Waals surface area contributed by atoms with Crippen molar-refractivity contribution < 1.29 is 18.3 Å². The minimum atomic E-state index is -2.39. The molecule has 116 valence electrons. The minimum Gasteiger partial charge on any atom is -0.469 e. The van der Waals surface area contributed by atoms with Gasteiger partial charge in [0.2, 0.25) is 0 Å². The van der Waals surface area contributed by atoms with Crippen molar-refractivity contribution in [2.24, 2.45) is 5.92 Å². The normalized spacial score (nSPS) is 23.3. The van der Waals surface area contributed by atoms with Crippen LogP contribution in [-0.2, 0) is 9.53 Å². The van der Waals surface area contributed by atoms with Crippen LogP contribution in [0.25, 0.3) is 0 Å². The number of piperidine rings is 1. The summed E-state index contributed by atoms with van der Waals surface area (Å²) in [7, 11) is 1.33. The fraction of sp³-hybridized carbons (Fsp3) is 0.533. The van der Waals surface area contributed by atoms with E-state index in [1.807, 2.05) is 12.1 Å². The summed E-state index contributed by atoms with van der Waals surface area (Å²) in [5, 5.41) is 0.628. The quantitative estimate of drug-likeness (QED) is 0.799. The Morgan fingerprint density at radius 2 is 2.10 bits per heavy atom. The second-order valence-electron chi connectivity index (χ2n) is 5.23. The average molecular weight is 318 g/mol. The SMILES string of the molecule is COC(=O)[C@H]1CN(CC(F)F)CC[C@@H]1c1ccc(Cl)cc1. The number of likely N-dealkylation sites (tertiary alicyclic amines) is 1. The second-order valence-corrected chi connectivity index (χ2v) is 5.66. The van der Waals surface area contributed by atoms with E-state index in [9.17, 15) is 13.6 Å². The third-order valence-electron chi connectivity index (χ3n) is 3.90. The van der Waals surface area contributed by atoms with Crippen molar-refractivity contribution in [1.82, 2.24) is 4.90 Å². The summed E-state index contributed by atoms with van der Waals surface area (Å²) in [5.74, 6) is -0.804. The summed E-state index contributed by atoms with van der Waals surface area (Å²) in [4.78, 5) is 13.6. The van der Waals surface area contributed by atoms with E-state index in [4.69, 9.17) is 16.3 Å². The molecule has 2 atom stereocenters. The average Bonchev–Trinajstić information content (AvgIpc) is 2.47. The molecule has 1 fully saturated rings. The molecule has 0 radical (unpaired) electrons. The van der Waals surface area contributed by atoms with E-state index < -0.39 is 12.3 Å². The summed E-state index contributed by atoms with van der Waals surface area (Å²) in [6.45, 7) is 0.538. The van der Waals surface area contributed by atoms with Crippen molar-refractivity contribution in [2.75, 3.05) is 26.7 Å². The van der Waals surface area contributed by atoms with Crippen molar-refractivity contribution in [3.63, 3.8) is 0 Å². The van der Waals surface area contributed by atoms with E-state index in [0.717, 1.165) is 5.56 Å². The van der Waals surface area contributed by atoms with Gasteiger partial charge in [-0.3, -0.25) is 9.69 Å². The van der Waals surface area contributed by atoms with Gasteiger partial charge in [0, 0.05) is 11.6 Å². The molecule has 1 heterocycles. The molecular weight excluding hydrogens is 300 g/mol. The van der Waals surface area contributed by atoms with Crippen LogP contribution >= 0.6 is 11.6 Å². The van der Waals surface area contributed by atoms with Gasteiger partial charge in [-0.2, -0.15) is 0 Å². The fourth-order valence-electron chi connectivity index (χ4n) is 2.88. The lowest BCUT2D eigenvalue weighted by molar-refractivity contribution is -0.148. The van der Waals surface area contributed by atoms with Crippen molar-refractivity contribution in [3.05, 3.63) is 34.9 Å². The van der Waals surface area contributed by atoms with Crippen LogP contribution in [0.3, 0.4) is 0 Å². The summed E-state index contributed by atoms with van der Waals surface area (Å²) in [6.07, 6.45) is -1.75. The van der Waals surface area contributed by atoms with Gasteiger partial charge >= 0.3 is 5.97 Å². The van der Waals surface area contributed by atoms with Crippen LogP contribution in [0.2, 0.25) is 5.02 Å². The molecular formula is C15H18ClF2NO2. The van der Waals surface area contributed by atoms with E-state index in [1.54, 1.807) is 17.0 Å².